The van der Waals surface area contributed by atoms with Crippen LogP contribution in [-0.2, 0) is 14.4 Å². The Morgan fingerprint density at radius 3 is 2.52 bits per heavy atom. The topological polar surface area (TPSA) is 51.2 Å². The van der Waals surface area contributed by atoms with Crippen molar-refractivity contribution >= 4 is 17.6 Å². The average Bonchev–Trinajstić information content (AvgIpc) is 2.91. The zero-order chi connectivity index (χ0) is 18.0. The van der Waals surface area contributed by atoms with Gasteiger partial charge in [0.15, 0.2) is 5.78 Å². The Kier molecular flexibility index (Phi) is 3.82. The molecule has 0 saturated heterocycles. The van der Waals surface area contributed by atoms with Crippen LogP contribution in [0.1, 0.15) is 65.2 Å². The fraction of sp³-hybridized carbons (Fsp3) is 0.762. The lowest BCUT2D eigenvalue weighted by molar-refractivity contribution is -0.152. The molecule has 6 atom stereocenters. The van der Waals surface area contributed by atoms with Gasteiger partial charge in [0.1, 0.15) is 5.78 Å². The predicted molar refractivity (Wildman–Crippen MR) is 91.3 cm³/mol. The standard InChI is InChI=1S/C21H27FO3/c1-12(23)16-5-6-17-15-4-3-13-11-14(24)7-10-21(13,19(22)25)18(15)8-9-20(16,17)2/h11,15-18H,3-10H2,1-2H3. The van der Waals surface area contributed by atoms with Crippen molar-refractivity contribution in [2.45, 2.75) is 65.2 Å². The van der Waals surface area contributed by atoms with Crippen molar-refractivity contribution < 1.29 is 18.8 Å². The van der Waals surface area contributed by atoms with Crippen LogP contribution in [0.3, 0.4) is 0 Å². The normalized spacial score (nSPS) is 45.9. The van der Waals surface area contributed by atoms with E-state index in [2.05, 4.69) is 6.92 Å². The van der Waals surface area contributed by atoms with Gasteiger partial charge in [-0.1, -0.05) is 12.5 Å². The molecule has 0 N–H and O–H groups in total. The van der Waals surface area contributed by atoms with E-state index in [1.54, 1.807) is 13.0 Å². The Bertz CT molecular complexity index is 681. The molecule has 4 heteroatoms. The summed E-state index contributed by atoms with van der Waals surface area (Å²) in [5, 5.41) is 0. The van der Waals surface area contributed by atoms with Crippen LogP contribution in [0.2, 0.25) is 0 Å². The number of carbonyl (C=O) groups is 3. The molecule has 25 heavy (non-hydrogen) atoms. The second-order valence-electron chi connectivity index (χ2n) is 9.08. The van der Waals surface area contributed by atoms with Crippen LogP contribution in [-0.4, -0.2) is 17.6 Å². The summed E-state index contributed by atoms with van der Waals surface area (Å²) < 4.78 is 14.4. The van der Waals surface area contributed by atoms with E-state index >= 15 is 0 Å². The fourth-order valence-corrected chi connectivity index (χ4v) is 7.26. The first-order valence-electron chi connectivity index (χ1n) is 9.75. The number of halogens is 1. The van der Waals surface area contributed by atoms with E-state index in [1.807, 2.05) is 0 Å². The molecule has 6 unspecified atom stereocenters. The van der Waals surface area contributed by atoms with Gasteiger partial charge >= 0.3 is 6.04 Å². The highest BCUT2D eigenvalue weighted by molar-refractivity contribution is 5.95. The van der Waals surface area contributed by atoms with Crippen molar-refractivity contribution in [2.75, 3.05) is 0 Å². The highest BCUT2D eigenvalue weighted by atomic mass is 19.1. The van der Waals surface area contributed by atoms with Crippen LogP contribution in [0, 0.1) is 34.5 Å². The summed E-state index contributed by atoms with van der Waals surface area (Å²) in [7, 11) is 0. The van der Waals surface area contributed by atoms with Gasteiger partial charge in [0.25, 0.3) is 0 Å². The molecule has 3 fully saturated rings. The van der Waals surface area contributed by atoms with Crippen LogP contribution >= 0.6 is 0 Å². The van der Waals surface area contributed by atoms with Crippen LogP contribution < -0.4 is 0 Å². The summed E-state index contributed by atoms with van der Waals surface area (Å²) >= 11 is 0. The van der Waals surface area contributed by atoms with Gasteiger partial charge in [-0.05, 0) is 81.1 Å². The number of rotatable bonds is 2. The molecule has 3 saturated carbocycles. The lowest BCUT2D eigenvalue weighted by Crippen LogP contribution is -2.54. The molecule has 136 valence electrons. The molecule has 0 heterocycles. The van der Waals surface area contributed by atoms with Crippen LogP contribution in [0.4, 0.5) is 4.39 Å². The van der Waals surface area contributed by atoms with Crippen molar-refractivity contribution in [3.05, 3.63) is 11.6 Å². The first kappa shape index (κ1) is 17.1. The summed E-state index contributed by atoms with van der Waals surface area (Å²) in [6.07, 6.45) is 7.38. The van der Waals surface area contributed by atoms with E-state index in [4.69, 9.17) is 0 Å². The van der Waals surface area contributed by atoms with E-state index in [0.29, 0.717) is 24.7 Å². The fourth-order valence-electron chi connectivity index (χ4n) is 7.26. The van der Waals surface area contributed by atoms with Crippen LogP contribution in [0.25, 0.3) is 0 Å². The maximum absolute atomic E-state index is 14.4. The highest BCUT2D eigenvalue weighted by Gasteiger charge is 2.63. The number of fused-ring (bicyclic) bond motifs is 5. The monoisotopic (exact) mass is 346 g/mol. The zero-order valence-corrected chi connectivity index (χ0v) is 15.1. The molecule has 0 radical (unpaired) electrons. The maximum atomic E-state index is 14.4. The third kappa shape index (κ3) is 2.18. The van der Waals surface area contributed by atoms with Gasteiger partial charge in [0.2, 0.25) is 0 Å². The molecular formula is C21H27FO3. The summed E-state index contributed by atoms with van der Waals surface area (Å²) in [5.74, 6) is 1.12. The van der Waals surface area contributed by atoms with Crippen molar-refractivity contribution in [1.29, 1.82) is 0 Å². The Hall–Kier alpha value is -1.32. The van der Waals surface area contributed by atoms with Gasteiger partial charge in [-0.25, -0.2) is 0 Å². The van der Waals surface area contributed by atoms with Gasteiger partial charge in [-0.2, -0.15) is 4.39 Å². The van der Waals surface area contributed by atoms with Crippen molar-refractivity contribution in [1.82, 2.24) is 0 Å². The summed E-state index contributed by atoms with van der Waals surface area (Å²) in [5.41, 5.74) is -0.298. The molecule has 0 aliphatic heterocycles. The minimum Gasteiger partial charge on any atom is -0.300 e. The van der Waals surface area contributed by atoms with Gasteiger partial charge in [0.05, 0.1) is 5.41 Å². The molecule has 0 aromatic rings. The first-order valence-corrected chi connectivity index (χ1v) is 9.75. The molecule has 0 aromatic heterocycles. The Morgan fingerprint density at radius 2 is 1.84 bits per heavy atom. The molecule has 4 rings (SSSR count). The third-order valence-corrected chi connectivity index (χ3v) is 8.33. The van der Waals surface area contributed by atoms with E-state index in [1.165, 1.54) is 0 Å². The van der Waals surface area contributed by atoms with E-state index in [9.17, 15) is 18.8 Å². The molecular weight excluding hydrogens is 319 g/mol. The summed E-state index contributed by atoms with van der Waals surface area (Å²) in [6.45, 7) is 3.94. The predicted octanol–water partition coefficient (Wildman–Crippen LogP) is 4.20. The van der Waals surface area contributed by atoms with Gasteiger partial charge in [-0.3, -0.25) is 14.4 Å². The molecule has 0 amide bonds. The van der Waals surface area contributed by atoms with E-state index in [0.717, 1.165) is 37.7 Å². The number of Topliss-reactive ketones (excluding diaryl/α,β-unsaturated/α-hetero) is 1. The lowest BCUT2D eigenvalue weighted by Gasteiger charge is -2.57. The van der Waals surface area contributed by atoms with Crippen molar-refractivity contribution in [3.8, 4) is 0 Å². The largest absolute Gasteiger partial charge is 0.311 e. The highest BCUT2D eigenvalue weighted by Crippen LogP contribution is 2.67. The smallest absolute Gasteiger partial charge is 0.300 e. The third-order valence-electron chi connectivity index (χ3n) is 8.33. The minimum absolute atomic E-state index is 0.000740. The summed E-state index contributed by atoms with van der Waals surface area (Å²) in [6, 6.07) is -1.23. The van der Waals surface area contributed by atoms with E-state index in [-0.39, 0.29) is 35.2 Å². The molecule has 4 aliphatic carbocycles. The van der Waals surface area contributed by atoms with Crippen molar-refractivity contribution in [3.63, 3.8) is 0 Å². The first-order chi connectivity index (χ1) is 11.8. The zero-order valence-electron chi connectivity index (χ0n) is 15.1. The Labute approximate surface area is 148 Å². The molecule has 0 bridgehead atoms. The average molecular weight is 346 g/mol. The van der Waals surface area contributed by atoms with Crippen molar-refractivity contribution in [2.24, 2.45) is 34.5 Å². The minimum atomic E-state index is -1.23. The number of ketones is 2. The number of carbonyl (C=O) groups excluding carboxylic acids is 3. The quantitative estimate of drug-likeness (QED) is 0.704. The van der Waals surface area contributed by atoms with Gasteiger partial charge in [-0.15, -0.1) is 0 Å². The molecule has 3 nitrogen and oxygen atoms in total. The molecule has 0 aromatic carbocycles. The maximum Gasteiger partial charge on any atom is 0.311 e. The Morgan fingerprint density at radius 1 is 1.08 bits per heavy atom. The number of hydrogen-bond donors (Lipinski definition) is 0. The second kappa shape index (κ2) is 5.59. The van der Waals surface area contributed by atoms with Crippen LogP contribution in [0.15, 0.2) is 11.6 Å². The van der Waals surface area contributed by atoms with E-state index < -0.39 is 11.5 Å². The number of hydrogen-bond acceptors (Lipinski definition) is 3. The Balaban J connectivity index is 1.73. The SMILES string of the molecule is CC(=O)C1CCC2C3CCC4=CC(=O)CCC4(C(=O)F)C3CCC12C. The lowest BCUT2D eigenvalue weighted by atomic mass is 9.46. The van der Waals surface area contributed by atoms with Gasteiger partial charge in [0, 0.05) is 12.3 Å². The molecule has 0 spiro atoms. The number of allylic oxidation sites excluding steroid dienone is 1. The summed E-state index contributed by atoms with van der Waals surface area (Å²) in [4.78, 5) is 36.2. The molecule has 4 aliphatic rings. The van der Waals surface area contributed by atoms with Crippen LogP contribution in [0.5, 0.6) is 0 Å². The second-order valence-corrected chi connectivity index (χ2v) is 9.08. The van der Waals surface area contributed by atoms with Gasteiger partial charge < -0.3 is 0 Å².